The van der Waals surface area contributed by atoms with E-state index in [1.54, 1.807) is 11.8 Å². The summed E-state index contributed by atoms with van der Waals surface area (Å²) in [5, 5.41) is 61.6. The molecule has 2 rings (SSSR count). The number of aromatic amines is 1. The Bertz CT molecular complexity index is 1510. The fraction of sp³-hybridized carbons (Fsp3) is 0.500. The summed E-state index contributed by atoms with van der Waals surface area (Å²) in [5.41, 5.74) is 42.6. The molecule has 1 heterocycles. The molecule has 0 spiro atoms. The number of aliphatic carboxylic acids is 5. The van der Waals surface area contributed by atoms with Gasteiger partial charge in [0.1, 0.15) is 30.2 Å². The van der Waals surface area contributed by atoms with Crippen molar-refractivity contribution in [2.45, 2.75) is 75.2 Å². The minimum absolute atomic E-state index is 0.112. The number of benzene rings is 1. The Kier molecular flexibility index (Phi) is 31.7. The van der Waals surface area contributed by atoms with Gasteiger partial charge in [-0.15, -0.1) is 0 Å². The summed E-state index contributed by atoms with van der Waals surface area (Å²) in [6.45, 7) is 0.965. The first kappa shape index (κ1) is 55.6. The molecule has 24 nitrogen and oxygen atoms in total. The normalized spacial score (nSPS) is 12.5. The summed E-state index contributed by atoms with van der Waals surface area (Å²) < 4.78 is 0. The maximum Gasteiger partial charge on any atom is 0.321 e. The number of aromatic nitrogens is 1. The molecule has 0 fully saturated rings. The second kappa shape index (κ2) is 32.5. The van der Waals surface area contributed by atoms with Crippen molar-refractivity contribution in [3.63, 3.8) is 0 Å². The van der Waals surface area contributed by atoms with Gasteiger partial charge in [-0.25, -0.2) is 0 Å². The van der Waals surface area contributed by atoms with Crippen molar-refractivity contribution < 1.29 is 54.3 Å². The predicted octanol–water partition coefficient (Wildman–Crippen LogP) is -3.13. The molecular formula is C32H59N13O11S. The van der Waals surface area contributed by atoms with Crippen molar-refractivity contribution in [3.05, 3.63) is 36.0 Å². The number of guanidine groups is 2. The van der Waals surface area contributed by atoms with Gasteiger partial charge in [0.05, 0.1) is 6.42 Å². The molecule has 0 aliphatic carbocycles. The van der Waals surface area contributed by atoms with E-state index in [1.807, 2.05) is 36.7 Å². The Balaban J connectivity index is -0.000000650. The molecule has 0 aliphatic rings. The van der Waals surface area contributed by atoms with Crippen LogP contribution in [0.25, 0.3) is 10.9 Å². The van der Waals surface area contributed by atoms with Gasteiger partial charge in [-0.2, -0.15) is 11.8 Å². The number of rotatable bonds is 20. The number of carboxylic acid groups (broad SMARTS) is 5. The maximum atomic E-state index is 10.6. The van der Waals surface area contributed by atoms with Crippen LogP contribution in [0.1, 0.15) is 44.1 Å². The number of carbonyl (C=O) groups is 6. The fourth-order valence-electron chi connectivity index (χ4n) is 3.63. The van der Waals surface area contributed by atoms with Gasteiger partial charge in [0.15, 0.2) is 11.9 Å². The second-order valence-corrected chi connectivity index (χ2v) is 12.7. The third-order valence-electron chi connectivity index (χ3n) is 6.77. The van der Waals surface area contributed by atoms with Crippen LogP contribution >= 0.6 is 11.8 Å². The highest BCUT2D eigenvalue weighted by molar-refractivity contribution is 7.98. The molecule has 5 atom stereocenters. The van der Waals surface area contributed by atoms with Crippen LogP contribution in [0.3, 0.4) is 0 Å². The van der Waals surface area contributed by atoms with Gasteiger partial charge < -0.3 is 87.0 Å². The number of carboxylic acids is 5. The van der Waals surface area contributed by atoms with Crippen molar-refractivity contribution in [3.8, 4) is 0 Å². The van der Waals surface area contributed by atoms with E-state index in [9.17, 15) is 28.8 Å². The first-order valence-electron chi connectivity index (χ1n) is 16.9. The van der Waals surface area contributed by atoms with Crippen molar-refractivity contribution in [1.29, 1.82) is 10.8 Å². The van der Waals surface area contributed by atoms with Crippen LogP contribution in [-0.2, 0) is 35.2 Å². The first-order valence-corrected chi connectivity index (χ1v) is 18.3. The Morgan fingerprint density at radius 2 is 1.07 bits per heavy atom. The van der Waals surface area contributed by atoms with Crippen LogP contribution in [0.2, 0.25) is 0 Å². The molecular weight excluding hydrogens is 774 g/mol. The Morgan fingerprint density at radius 1 is 0.667 bits per heavy atom. The van der Waals surface area contributed by atoms with Gasteiger partial charge in [-0.3, -0.25) is 39.6 Å². The van der Waals surface area contributed by atoms with Gasteiger partial charge in [0, 0.05) is 36.6 Å². The van der Waals surface area contributed by atoms with E-state index in [4.69, 9.17) is 76.5 Å². The third kappa shape index (κ3) is 32.2. The minimum atomic E-state index is -1.21. The summed E-state index contributed by atoms with van der Waals surface area (Å²) in [7, 11) is 0. The summed E-state index contributed by atoms with van der Waals surface area (Å²) in [5.74, 6) is -5.22. The molecule has 25 heteroatoms. The molecule has 1 aromatic carbocycles. The number of primary amides is 1. The van der Waals surface area contributed by atoms with Gasteiger partial charge in [-0.1, -0.05) is 18.2 Å². The van der Waals surface area contributed by atoms with Crippen LogP contribution < -0.4 is 56.5 Å². The Hall–Kier alpha value is -5.73. The number of hydrogen-bond acceptors (Lipinski definition) is 14. The van der Waals surface area contributed by atoms with Crippen LogP contribution in [0.4, 0.5) is 0 Å². The standard InChI is InChI=1S/C11H12N2O2.2C6H14N4O2.C5H11NO2S.C4H8N2O3/c12-9(11(14)15)5-7-6-13-10-4-2-1-3-8(7)10;2*7-4(5(11)12)2-1-3-10-6(8)9;1-9-3-2-4(6)5(7)8;5-2(4(8)9)1-3(6)7/h1-4,6,9,13H,5,12H2,(H,14,15);2*4H,1-3,7H2,(H,11,12)(H4,8,9,10);4H,2-3,6H2,1H3,(H,7,8);2H,1,5H2,(H2,6,7)(H,8,9). The second-order valence-electron chi connectivity index (χ2n) is 11.7. The number of hydrogen-bond donors (Lipinski definition) is 18. The van der Waals surface area contributed by atoms with E-state index in [-0.39, 0.29) is 18.3 Å². The third-order valence-corrected chi connectivity index (χ3v) is 7.41. The number of H-pyrrole nitrogens is 1. The lowest BCUT2D eigenvalue weighted by molar-refractivity contribution is -0.140. The van der Waals surface area contributed by atoms with E-state index in [0.29, 0.717) is 51.6 Å². The number of amides is 1. The molecule has 0 bridgehead atoms. The summed E-state index contributed by atoms with van der Waals surface area (Å²) in [6, 6.07) is 3.42. The minimum Gasteiger partial charge on any atom is -0.480 e. The lowest BCUT2D eigenvalue weighted by atomic mass is 10.1. The number of carbonyl (C=O) groups excluding carboxylic acids is 1. The highest BCUT2D eigenvalue weighted by atomic mass is 32.2. The topological polar surface area (TPSA) is 499 Å². The number of nitrogens with two attached hydrogens (primary N) is 8. The lowest BCUT2D eigenvalue weighted by Crippen LogP contribution is -2.34. The smallest absolute Gasteiger partial charge is 0.321 e. The number of thioether (sulfide) groups is 1. The Labute approximate surface area is 332 Å². The average Bonchev–Trinajstić information content (AvgIpc) is 3.53. The average molecular weight is 834 g/mol. The van der Waals surface area contributed by atoms with Crippen LogP contribution in [-0.4, -0.2) is 133 Å². The van der Waals surface area contributed by atoms with E-state index in [0.717, 1.165) is 22.2 Å². The molecule has 5 unspecified atom stereocenters. The highest BCUT2D eigenvalue weighted by Gasteiger charge is 2.15. The SMILES string of the molecule is CSCCC(N)C(=O)O.N=C(N)NCCCC(N)C(=O)O.N=C(N)NCCCC(N)C(=O)O.NC(=O)CC(N)C(=O)O.NC(Cc1c[nH]c2ccccc12)C(=O)O. The highest BCUT2D eigenvalue weighted by Crippen LogP contribution is 2.18. The van der Waals surface area contributed by atoms with Gasteiger partial charge >= 0.3 is 29.8 Å². The van der Waals surface area contributed by atoms with Gasteiger partial charge in [0.2, 0.25) is 5.91 Å². The number of nitrogens with one attached hydrogen (secondary N) is 5. The maximum absolute atomic E-state index is 10.6. The summed E-state index contributed by atoms with van der Waals surface area (Å²) in [4.78, 5) is 64.1. The molecule has 0 aliphatic heterocycles. The largest absolute Gasteiger partial charge is 0.480 e. The molecule has 26 N–H and O–H groups in total. The zero-order valence-electron chi connectivity index (χ0n) is 31.6. The van der Waals surface area contributed by atoms with E-state index < -0.39 is 66.0 Å². The molecule has 2 aromatic rings. The fourth-order valence-corrected chi connectivity index (χ4v) is 4.12. The van der Waals surface area contributed by atoms with Crippen LogP contribution in [0.5, 0.6) is 0 Å². The van der Waals surface area contributed by atoms with Crippen LogP contribution in [0, 0.1) is 10.8 Å². The number of para-hydroxylation sites is 1. The predicted molar refractivity (Wildman–Crippen MR) is 215 cm³/mol. The molecule has 57 heavy (non-hydrogen) atoms. The zero-order chi connectivity index (χ0) is 44.7. The monoisotopic (exact) mass is 833 g/mol. The van der Waals surface area contributed by atoms with E-state index >= 15 is 0 Å². The van der Waals surface area contributed by atoms with Gasteiger partial charge in [0.25, 0.3) is 0 Å². The molecule has 0 radical (unpaired) electrons. The van der Waals surface area contributed by atoms with Gasteiger partial charge in [-0.05, 0) is 55.7 Å². The van der Waals surface area contributed by atoms with E-state index in [1.165, 1.54) is 0 Å². The van der Waals surface area contributed by atoms with Crippen LogP contribution in [0.15, 0.2) is 30.5 Å². The quantitative estimate of drug-likeness (QED) is 0.0356. The van der Waals surface area contributed by atoms with Crippen molar-refractivity contribution in [2.75, 3.05) is 25.1 Å². The zero-order valence-corrected chi connectivity index (χ0v) is 32.4. The van der Waals surface area contributed by atoms with Crippen molar-refractivity contribution in [2.24, 2.45) is 45.9 Å². The molecule has 0 saturated heterocycles. The Morgan fingerprint density at radius 3 is 1.42 bits per heavy atom. The van der Waals surface area contributed by atoms with Crippen molar-refractivity contribution in [1.82, 2.24) is 15.6 Å². The molecule has 0 saturated carbocycles. The molecule has 1 amide bonds. The molecule has 1 aromatic heterocycles. The first-order chi connectivity index (χ1) is 26.5. The van der Waals surface area contributed by atoms with Crippen molar-refractivity contribution >= 4 is 70.3 Å². The molecule has 324 valence electrons. The number of fused-ring (bicyclic) bond motifs is 1. The summed E-state index contributed by atoms with van der Waals surface area (Å²) in [6.07, 6.45) is 6.28. The summed E-state index contributed by atoms with van der Waals surface area (Å²) >= 11 is 1.60. The lowest BCUT2D eigenvalue weighted by Gasteiger charge is -2.06. The van der Waals surface area contributed by atoms with E-state index in [2.05, 4.69) is 21.4 Å².